The lowest BCUT2D eigenvalue weighted by atomic mass is 9.93. The molecule has 3 heteroatoms. The van der Waals surface area contributed by atoms with Crippen molar-refractivity contribution in [3.05, 3.63) is 224 Å². The molecule has 0 unspecified atom stereocenters. The molecule has 0 bridgehead atoms. The van der Waals surface area contributed by atoms with Crippen molar-refractivity contribution in [2.45, 2.75) is 0 Å². The monoisotopic (exact) mass is 819 g/mol. The minimum atomic E-state index is 0.858. The van der Waals surface area contributed by atoms with Gasteiger partial charge in [0.25, 0.3) is 0 Å². The molecule has 2 nitrogen and oxygen atoms in total. The molecule has 0 aliphatic carbocycles. The van der Waals surface area contributed by atoms with E-state index in [1.165, 1.54) is 74.0 Å². The van der Waals surface area contributed by atoms with Gasteiger partial charge in [-0.15, -0.1) is 11.3 Å². The van der Waals surface area contributed by atoms with Gasteiger partial charge in [0.05, 0.1) is 16.8 Å². The average molecular weight is 820 g/mol. The Balaban J connectivity index is 1.24. The molecule has 13 aromatic rings. The molecule has 0 N–H and O–H groups in total. The van der Waals surface area contributed by atoms with Gasteiger partial charge in [-0.1, -0.05) is 170 Å². The van der Waals surface area contributed by atoms with Crippen molar-refractivity contribution in [1.82, 2.24) is 0 Å². The molecule has 0 fully saturated rings. The Morgan fingerprint density at radius 1 is 0.302 bits per heavy atom. The van der Waals surface area contributed by atoms with Gasteiger partial charge in [-0.25, -0.2) is 0 Å². The molecule has 2 heterocycles. The first-order valence-electron chi connectivity index (χ1n) is 21.5. The molecule has 0 aliphatic rings. The number of thiophene rings is 1. The van der Waals surface area contributed by atoms with Crippen molar-refractivity contribution in [3.63, 3.8) is 0 Å². The van der Waals surface area contributed by atoms with E-state index in [4.69, 9.17) is 4.42 Å². The summed E-state index contributed by atoms with van der Waals surface area (Å²) < 4.78 is 9.15. The number of anilines is 3. The zero-order valence-electron chi connectivity index (χ0n) is 34.1. The molecule has 294 valence electrons. The Hall–Kier alpha value is -7.98. The van der Waals surface area contributed by atoms with Gasteiger partial charge in [0.2, 0.25) is 0 Å². The molecule has 63 heavy (non-hydrogen) atoms. The fraction of sp³-hybridized carbons (Fsp3) is 0. The van der Waals surface area contributed by atoms with Crippen LogP contribution in [-0.4, -0.2) is 0 Å². The van der Waals surface area contributed by atoms with E-state index in [1.54, 1.807) is 0 Å². The SMILES string of the molecule is c1ccc(-c2ccccc2N(c2ccc3c(c2)c2ccccc2c2ccccc2c2ccccc2c2cc4sc5ccccc5c4cc32)c2cccc3oc4ccccc4c23)cc1. The Morgan fingerprint density at radius 3 is 1.52 bits per heavy atom. The Labute approximate surface area is 367 Å². The molecule has 0 radical (unpaired) electrons. The van der Waals surface area contributed by atoms with Crippen LogP contribution < -0.4 is 4.90 Å². The molecule has 0 spiro atoms. The first-order valence-corrected chi connectivity index (χ1v) is 22.3. The molecular formula is C60H37NOS. The number of hydrogen-bond acceptors (Lipinski definition) is 3. The van der Waals surface area contributed by atoms with Crippen LogP contribution in [0.25, 0.3) is 107 Å². The third-order valence-electron chi connectivity index (χ3n) is 12.9. The summed E-state index contributed by atoms with van der Waals surface area (Å²) in [5.41, 5.74) is 7.23. The fourth-order valence-corrected chi connectivity index (χ4v) is 11.2. The highest BCUT2D eigenvalue weighted by atomic mass is 32.1. The second kappa shape index (κ2) is 14.3. The number of rotatable bonds is 4. The van der Waals surface area contributed by atoms with Crippen LogP contribution in [0.2, 0.25) is 0 Å². The third kappa shape index (κ3) is 5.64. The van der Waals surface area contributed by atoms with Crippen molar-refractivity contribution in [2.24, 2.45) is 0 Å². The topological polar surface area (TPSA) is 16.4 Å². The normalized spacial score (nSPS) is 11.8. The summed E-state index contributed by atoms with van der Waals surface area (Å²) in [4.78, 5) is 2.45. The Bertz CT molecular complexity index is 4050. The smallest absolute Gasteiger partial charge is 0.137 e. The van der Waals surface area contributed by atoms with Crippen molar-refractivity contribution in [2.75, 3.05) is 4.90 Å². The van der Waals surface area contributed by atoms with E-state index in [-0.39, 0.29) is 0 Å². The average Bonchev–Trinajstić information content (AvgIpc) is 3.92. The number of hydrogen-bond donors (Lipinski definition) is 0. The highest BCUT2D eigenvalue weighted by molar-refractivity contribution is 7.25. The fourth-order valence-electron chi connectivity index (χ4n) is 10.1. The highest BCUT2D eigenvalue weighted by Gasteiger charge is 2.23. The van der Waals surface area contributed by atoms with Crippen LogP contribution in [0, 0.1) is 0 Å². The quantitative estimate of drug-likeness (QED) is 0.176. The van der Waals surface area contributed by atoms with E-state index in [2.05, 4.69) is 223 Å². The highest BCUT2D eigenvalue weighted by Crippen LogP contribution is 2.48. The second-order valence-electron chi connectivity index (χ2n) is 16.3. The van der Waals surface area contributed by atoms with Gasteiger partial charge in [-0.05, 0) is 114 Å². The first-order chi connectivity index (χ1) is 31.3. The predicted octanol–water partition coefficient (Wildman–Crippen LogP) is 18.0. The molecule has 0 amide bonds. The molecule has 0 atom stereocenters. The number of benzene rings is 10. The third-order valence-corrected chi connectivity index (χ3v) is 14.0. The molecule has 13 rings (SSSR count). The van der Waals surface area contributed by atoms with Gasteiger partial charge in [-0.3, -0.25) is 0 Å². The van der Waals surface area contributed by atoms with Gasteiger partial charge >= 0.3 is 0 Å². The number of furan rings is 1. The lowest BCUT2D eigenvalue weighted by Gasteiger charge is -2.29. The van der Waals surface area contributed by atoms with Crippen LogP contribution >= 0.6 is 11.3 Å². The maximum atomic E-state index is 6.56. The minimum absolute atomic E-state index is 0.858. The van der Waals surface area contributed by atoms with E-state index < -0.39 is 0 Å². The number of fused-ring (bicyclic) bond motifs is 16. The van der Waals surface area contributed by atoms with Crippen molar-refractivity contribution >= 4 is 124 Å². The molecular weight excluding hydrogens is 783 g/mol. The van der Waals surface area contributed by atoms with Crippen LogP contribution in [0.5, 0.6) is 0 Å². The van der Waals surface area contributed by atoms with E-state index in [9.17, 15) is 0 Å². The summed E-state index contributed by atoms with van der Waals surface area (Å²) in [5, 5.41) is 16.8. The summed E-state index contributed by atoms with van der Waals surface area (Å²) >= 11 is 1.88. The first kappa shape index (κ1) is 35.7. The molecule has 0 aliphatic heterocycles. The largest absolute Gasteiger partial charge is 0.456 e. The zero-order chi connectivity index (χ0) is 41.4. The van der Waals surface area contributed by atoms with Crippen LogP contribution in [-0.2, 0) is 0 Å². The van der Waals surface area contributed by atoms with Gasteiger partial charge in [0.15, 0.2) is 0 Å². The van der Waals surface area contributed by atoms with Crippen LogP contribution in [0.4, 0.5) is 17.1 Å². The van der Waals surface area contributed by atoms with Crippen LogP contribution in [0.15, 0.2) is 229 Å². The van der Waals surface area contributed by atoms with Crippen molar-refractivity contribution in [1.29, 1.82) is 0 Å². The van der Waals surface area contributed by atoms with E-state index in [1.807, 2.05) is 17.4 Å². The zero-order valence-corrected chi connectivity index (χ0v) is 34.9. The lowest BCUT2D eigenvalue weighted by molar-refractivity contribution is 0.669. The summed E-state index contributed by atoms with van der Waals surface area (Å²) in [7, 11) is 0. The molecule has 0 saturated heterocycles. The Morgan fingerprint density at radius 2 is 0.810 bits per heavy atom. The van der Waals surface area contributed by atoms with Gasteiger partial charge in [0, 0.05) is 36.8 Å². The van der Waals surface area contributed by atoms with E-state index in [0.29, 0.717) is 0 Å². The summed E-state index contributed by atoms with van der Waals surface area (Å²) in [6.07, 6.45) is 0. The standard InChI is InChI=1S/C60H37NOS/c1-2-17-38(18-3-1)40-19-10-13-28-54(40)61(55-29-16-31-57-60(55)49-27-11-14-30-56(49)62-57)39-33-34-47-50(35-39)45-24-8-6-22-43(45)41-20-4-5-21-42(41)44-23-7-9-25-46(44)52-37-59-53(36-51(47)52)48-26-12-15-32-58(48)63-59/h1-37H. The van der Waals surface area contributed by atoms with Crippen molar-refractivity contribution < 1.29 is 4.42 Å². The number of para-hydroxylation sites is 2. The van der Waals surface area contributed by atoms with Gasteiger partial charge in [-0.2, -0.15) is 0 Å². The second-order valence-corrected chi connectivity index (χ2v) is 17.4. The van der Waals surface area contributed by atoms with Gasteiger partial charge < -0.3 is 9.32 Å². The van der Waals surface area contributed by atoms with Crippen LogP contribution in [0.1, 0.15) is 0 Å². The molecule has 11 aromatic carbocycles. The summed E-state index contributed by atoms with van der Waals surface area (Å²) in [5.74, 6) is 0. The maximum absolute atomic E-state index is 6.56. The summed E-state index contributed by atoms with van der Waals surface area (Å²) in [6, 6.07) is 82.1. The van der Waals surface area contributed by atoms with E-state index >= 15 is 0 Å². The van der Waals surface area contributed by atoms with Crippen molar-refractivity contribution in [3.8, 4) is 11.1 Å². The lowest BCUT2D eigenvalue weighted by Crippen LogP contribution is -2.11. The summed E-state index contributed by atoms with van der Waals surface area (Å²) in [6.45, 7) is 0. The van der Waals surface area contributed by atoms with E-state index in [0.717, 1.165) is 50.1 Å². The predicted molar refractivity (Wildman–Crippen MR) is 272 cm³/mol. The number of nitrogens with zero attached hydrogens (tertiary/aromatic N) is 1. The molecule has 0 saturated carbocycles. The maximum Gasteiger partial charge on any atom is 0.137 e. The molecule has 2 aromatic heterocycles. The van der Waals surface area contributed by atoms with Crippen LogP contribution in [0.3, 0.4) is 0 Å². The minimum Gasteiger partial charge on any atom is -0.456 e. The van der Waals surface area contributed by atoms with Gasteiger partial charge in [0.1, 0.15) is 11.2 Å². The Kier molecular flexibility index (Phi) is 8.12.